The number of ether oxygens (including phenoxy) is 2. The van der Waals surface area contributed by atoms with Crippen LogP contribution in [0.15, 0.2) is 48.7 Å². The van der Waals surface area contributed by atoms with E-state index in [0.29, 0.717) is 12.4 Å². The van der Waals surface area contributed by atoms with E-state index in [-0.39, 0.29) is 12.1 Å². The minimum absolute atomic E-state index is 0.308. The van der Waals surface area contributed by atoms with Crippen LogP contribution in [-0.2, 0) is 4.74 Å². The molecule has 25 heavy (non-hydrogen) atoms. The Morgan fingerprint density at radius 2 is 2.04 bits per heavy atom. The Morgan fingerprint density at radius 1 is 1.28 bits per heavy atom. The Morgan fingerprint density at radius 3 is 2.76 bits per heavy atom. The quantitative estimate of drug-likeness (QED) is 0.894. The van der Waals surface area contributed by atoms with E-state index in [1.54, 1.807) is 6.20 Å². The van der Waals surface area contributed by atoms with Crippen molar-refractivity contribution in [2.24, 2.45) is 0 Å². The zero-order valence-corrected chi connectivity index (χ0v) is 14.7. The van der Waals surface area contributed by atoms with Crippen molar-refractivity contribution in [2.45, 2.75) is 38.5 Å². The van der Waals surface area contributed by atoms with Gasteiger partial charge < -0.3 is 20.1 Å². The molecular formula is C19H23N3O3. The van der Waals surface area contributed by atoms with Crippen LogP contribution in [-0.4, -0.2) is 29.3 Å². The van der Waals surface area contributed by atoms with Gasteiger partial charge in [0.05, 0.1) is 18.3 Å². The highest BCUT2D eigenvalue weighted by Crippen LogP contribution is 2.30. The number of benzene rings is 1. The third kappa shape index (κ3) is 4.41. The van der Waals surface area contributed by atoms with Crippen LogP contribution in [0.2, 0.25) is 0 Å². The van der Waals surface area contributed by atoms with Gasteiger partial charge in [-0.2, -0.15) is 0 Å². The molecule has 0 aliphatic carbocycles. The van der Waals surface area contributed by atoms with Crippen LogP contribution in [0.4, 0.5) is 10.5 Å². The van der Waals surface area contributed by atoms with Crippen molar-refractivity contribution in [3.63, 3.8) is 0 Å². The van der Waals surface area contributed by atoms with E-state index in [1.165, 1.54) is 0 Å². The number of fused-ring (bicyclic) bond motifs is 1. The smallest absolute Gasteiger partial charge is 0.408 e. The summed E-state index contributed by atoms with van der Waals surface area (Å²) in [6, 6.07) is 13.1. The number of alkyl carbamates (subject to hydrolysis) is 1. The molecule has 2 atom stereocenters. The Hall–Kier alpha value is -2.76. The second-order valence-electron chi connectivity index (χ2n) is 6.93. The first-order valence-electron chi connectivity index (χ1n) is 8.32. The van der Waals surface area contributed by atoms with Crippen LogP contribution < -0.4 is 15.4 Å². The average Bonchev–Trinajstić information content (AvgIpc) is 2.58. The molecule has 0 saturated carbocycles. The molecule has 0 saturated heterocycles. The van der Waals surface area contributed by atoms with Crippen molar-refractivity contribution < 1.29 is 14.3 Å². The monoisotopic (exact) mass is 341 g/mol. The summed E-state index contributed by atoms with van der Waals surface area (Å²) in [5, 5.41) is 6.24. The standard InChI is InChI=1S/C19H23N3O3/c1-19(2,3)25-18(23)22-16(13-8-5-4-6-9-13)15-12-21-14-10-7-11-20-17(14)24-15/h4-11,15-16,21H,12H2,1-3H3,(H,22,23)/t15-,16+/m0/s1. The third-order valence-corrected chi connectivity index (χ3v) is 3.73. The number of pyridine rings is 1. The van der Waals surface area contributed by atoms with Gasteiger partial charge in [0.25, 0.3) is 0 Å². The number of rotatable bonds is 3. The zero-order chi connectivity index (χ0) is 17.9. The van der Waals surface area contributed by atoms with Crippen LogP contribution in [0.3, 0.4) is 0 Å². The lowest BCUT2D eigenvalue weighted by atomic mass is 10.0. The highest BCUT2D eigenvalue weighted by atomic mass is 16.6. The van der Waals surface area contributed by atoms with Crippen LogP contribution in [0.25, 0.3) is 0 Å². The molecule has 0 fully saturated rings. The van der Waals surface area contributed by atoms with Crippen LogP contribution in [0, 0.1) is 0 Å². The summed E-state index contributed by atoms with van der Waals surface area (Å²) < 4.78 is 11.4. The lowest BCUT2D eigenvalue weighted by Crippen LogP contribution is -2.46. The molecule has 0 radical (unpaired) electrons. The number of aromatic nitrogens is 1. The van der Waals surface area contributed by atoms with Crippen molar-refractivity contribution in [1.82, 2.24) is 10.3 Å². The highest BCUT2D eigenvalue weighted by molar-refractivity contribution is 5.68. The van der Waals surface area contributed by atoms with E-state index in [2.05, 4.69) is 15.6 Å². The lowest BCUT2D eigenvalue weighted by molar-refractivity contribution is 0.0443. The van der Waals surface area contributed by atoms with Crippen LogP contribution in [0.5, 0.6) is 5.88 Å². The molecule has 1 aliphatic heterocycles. The second kappa shape index (κ2) is 7.01. The summed E-state index contributed by atoms with van der Waals surface area (Å²) in [5.74, 6) is 0.533. The van der Waals surface area contributed by atoms with Gasteiger partial charge in [0.15, 0.2) is 0 Å². The molecule has 0 unspecified atom stereocenters. The first-order valence-corrected chi connectivity index (χ1v) is 8.32. The molecule has 2 N–H and O–H groups in total. The number of amides is 1. The number of carbonyl (C=O) groups excluding carboxylic acids is 1. The normalized spacial score (nSPS) is 17.5. The maximum atomic E-state index is 12.3. The fourth-order valence-corrected chi connectivity index (χ4v) is 2.69. The first-order chi connectivity index (χ1) is 11.9. The van der Waals surface area contributed by atoms with Gasteiger partial charge in [0.1, 0.15) is 11.7 Å². The molecule has 132 valence electrons. The van der Waals surface area contributed by atoms with Crippen LogP contribution >= 0.6 is 0 Å². The van der Waals surface area contributed by atoms with Gasteiger partial charge in [-0.15, -0.1) is 0 Å². The number of hydrogen-bond acceptors (Lipinski definition) is 5. The average molecular weight is 341 g/mol. The molecule has 1 aliphatic rings. The van der Waals surface area contributed by atoms with E-state index in [1.807, 2.05) is 63.2 Å². The van der Waals surface area contributed by atoms with Gasteiger partial charge in [0.2, 0.25) is 5.88 Å². The van der Waals surface area contributed by atoms with E-state index < -0.39 is 11.7 Å². The Kier molecular flexibility index (Phi) is 4.79. The summed E-state index contributed by atoms with van der Waals surface area (Å²) in [7, 11) is 0. The van der Waals surface area contributed by atoms with E-state index in [9.17, 15) is 4.79 Å². The van der Waals surface area contributed by atoms with E-state index >= 15 is 0 Å². The predicted molar refractivity (Wildman–Crippen MR) is 95.7 cm³/mol. The maximum absolute atomic E-state index is 12.3. The number of carbonyl (C=O) groups is 1. The minimum Gasteiger partial charge on any atom is -0.468 e. The topological polar surface area (TPSA) is 72.5 Å². The van der Waals surface area contributed by atoms with Gasteiger partial charge in [-0.3, -0.25) is 0 Å². The molecule has 0 bridgehead atoms. The highest BCUT2D eigenvalue weighted by Gasteiger charge is 2.32. The Balaban J connectivity index is 1.81. The first kappa shape index (κ1) is 17.1. The summed E-state index contributed by atoms with van der Waals surface area (Å²) >= 11 is 0. The largest absolute Gasteiger partial charge is 0.468 e. The fraction of sp³-hybridized carbons (Fsp3) is 0.368. The molecule has 0 spiro atoms. The van der Waals surface area contributed by atoms with E-state index in [0.717, 1.165) is 11.3 Å². The van der Waals surface area contributed by atoms with Crippen molar-refractivity contribution in [3.05, 3.63) is 54.2 Å². The zero-order valence-electron chi connectivity index (χ0n) is 14.7. The maximum Gasteiger partial charge on any atom is 0.408 e. The number of nitrogens with zero attached hydrogens (tertiary/aromatic N) is 1. The van der Waals surface area contributed by atoms with Gasteiger partial charge in [-0.05, 0) is 38.5 Å². The second-order valence-corrected chi connectivity index (χ2v) is 6.93. The minimum atomic E-state index is -0.564. The SMILES string of the molecule is CC(C)(C)OC(=O)N[C@H](c1ccccc1)[C@@H]1CNc2cccnc2O1. The molecule has 3 rings (SSSR count). The van der Waals surface area contributed by atoms with Gasteiger partial charge in [-0.1, -0.05) is 30.3 Å². The van der Waals surface area contributed by atoms with Gasteiger partial charge in [0, 0.05) is 6.20 Å². The third-order valence-electron chi connectivity index (χ3n) is 3.73. The summed E-state index contributed by atoms with van der Waals surface area (Å²) in [4.78, 5) is 16.6. The molecule has 1 aromatic carbocycles. The van der Waals surface area contributed by atoms with Gasteiger partial charge in [-0.25, -0.2) is 9.78 Å². The molecular weight excluding hydrogens is 318 g/mol. The molecule has 1 amide bonds. The lowest BCUT2D eigenvalue weighted by Gasteiger charge is -2.33. The van der Waals surface area contributed by atoms with Crippen molar-refractivity contribution in [1.29, 1.82) is 0 Å². The molecule has 1 aromatic heterocycles. The van der Waals surface area contributed by atoms with Crippen molar-refractivity contribution in [3.8, 4) is 5.88 Å². The fourth-order valence-electron chi connectivity index (χ4n) is 2.69. The molecule has 6 nitrogen and oxygen atoms in total. The molecule has 2 heterocycles. The number of nitrogens with one attached hydrogen (secondary N) is 2. The van der Waals surface area contributed by atoms with E-state index in [4.69, 9.17) is 9.47 Å². The summed E-state index contributed by atoms with van der Waals surface area (Å²) in [5.41, 5.74) is 1.23. The van der Waals surface area contributed by atoms with Crippen LogP contribution in [0.1, 0.15) is 32.4 Å². The predicted octanol–water partition coefficient (Wildman–Crippen LogP) is 3.52. The Bertz CT molecular complexity index is 728. The van der Waals surface area contributed by atoms with Crippen molar-refractivity contribution >= 4 is 11.8 Å². The molecule has 6 heteroatoms. The number of anilines is 1. The summed E-state index contributed by atoms with van der Waals surface area (Å²) in [6.45, 7) is 6.06. The molecule has 2 aromatic rings. The summed E-state index contributed by atoms with van der Waals surface area (Å²) in [6.07, 6.45) is 0.899. The number of hydrogen-bond donors (Lipinski definition) is 2. The van der Waals surface area contributed by atoms with Crippen molar-refractivity contribution in [2.75, 3.05) is 11.9 Å². The Labute approximate surface area is 147 Å². The van der Waals surface area contributed by atoms with Gasteiger partial charge >= 0.3 is 6.09 Å².